The van der Waals surface area contributed by atoms with Crippen LogP contribution in [0.4, 0.5) is 8.78 Å². The summed E-state index contributed by atoms with van der Waals surface area (Å²) >= 11 is 3.23. The van der Waals surface area contributed by atoms with E-state index in [1.54, 1.807) is 12.1 Å². The number of nitrogens with one attached hydrogen (secondary N) is 1. The standard InChI is InChI=1S/C11H14BrF2NO/c1-3-15-7(2)9-5-4-8(12)6-10(9)16-11(13)14/h4-7,11,15H,3H2,1-2H3. The lowest BCUT2D eigenvalue weighted by Gasteiger charge is -2.17. The van der Waals surface area contributed by atoms with Crippen molar-refractivity contribution in [3.63, 3.8) is 0 Å². The van der Waals surface area contributed by atoms with E-state index in [-0.39, 0.29) is 11.8 Å². The molecule has 0 spiro atoms. The Morgan fingerprint density at radius 3 is 2.69 bits per heavy atom. The fraction of sp³-hybridized carbons (Fsp3) is 0.455. The van der Waals surface area contributed by atoms with Crippen LogP contribution in [-0.4, -0.2) is 13.2 Å². The summed E-state index contributed by atoms with van der Waals surface area (Å²) in [4.78, 5) is 0. The van der Waals surface area contributed by atoms with Gasteiger partial charge in [-0.3, -0.25) is 0 Å². The lowest BCUT2D eigenvalue weighted by molar-refractivity contribution is -0.0507. The fourth-order valence-corrected chi connectivity index (χ4v) is 1.82. The summed E-state index contributed by atoms with van der Waals surface area (Å²) in [6.07, 6.45) is 0. The predicted molar refractivity (Wildman–Crippen MR) is 62.9 cm³/mol. The molecule has 0 fully saturated rings. The fourth-order valence-electron chi connectivity index (χ4n) is 1.48. The minimum Gasteiger partial charge on any atom is -0.434 e. The topological polar surface area (TPSA) is 21.3 Å². The molecule has 0 aliphatic heterocycles. The van der Waals surface area contributed by atoms with Gasteiger partial charge in [-0.2, -0.15) is 8.78 Å². The SMILES string of the molecule is CCNC(C)c1ccc(Br)cc1OC(F)F. The Balaban J connectivity index is 2.97. The molecular formula is C11H14BrF2NO. The molecular weight excluding hydrogens is 280 g/mol. The monoisotopic (exact) mass is 293 g/mol. The second-order valence-corrected chi connectivity index (χ2v) is 4.26. The molecule has 0 saturated carbocycles. The molecule has 1 rings (SSSR count). The lowest BCUT2D eigenvalue weighted by Crippen LogP contribution is -2.19. The Bertz CT molecular complexity index is 347. The zero-order valence-corrected chi connectivity index (χ0v) is 10.7. The van der Waals surface area contributed by atoms with Crippen molar-refractivity contribution >= 4 is 15.9 Å². The van der Waals surface area contributed by atoms with Gasteiger partial charge in [0, 0.05) is 16.1 Å². The zero-order valence-electron chi connectivity index (χ0n) is 9.14. The Kier molecular flexibility index (Phi) is 5.15. The van der Waals surface area contributed by atoms with Gasteiger partial charge in [0.1, 0.15) is 5.75 Å². The van der Waals surface area contributed by atoms with Gasteiger partial charge in [0.15, 0.2) is 0 Å². The maximum absolute atomic E-state index is 12.2. The largest absolute Gasteiger partial charge is 0.434 e. The van der Waals surface area contributed by atoms with E-state index in [0.29, 0.717) is 0 Å². The number of rotatable bonds is 5. The molecule has 0 radical (unpaired) electrons. The van der Waals surface area contributed by atoms with Crippen LogP contribution in [0.2, 0.25) is 0 Å². The van der Waals surface area contributed by atoms with Crippen LogP contribution in [0.3, 0.4) is 0 Å². The van der Waals surface area contributed by atoms with Gasteiger partial charge in [-0.25, -0.2) is 0 Å². The molecule has 1 N–H and O–H groups in total. The maximum Gasteiger partial charge on any atom is 0.387 e. The predicted octanol–water partition coefficient (Wildman–Crippen LogP) is 3.72. The average molecular weight is 294 g/mol. The third kappa shape index (κ3) is 3.72. The summed E-state index contributed by atoms with van der Waals surface area (Å²) in [5.74, 6) is 0.206. The summed E-state index contributed by atoms with van der Waals surface area (Å²) in [6, 6.07) is 5.11. The van der Waals surface area contributed by atoms with E-state index in [2.05, 4.69) is 26.0 Å². The van der Waals surface area contributed by atoms with Crippen molar-refractivity contribution in [2.24, 2.45) is 0 Å². The highest BCUT2D eigenvalue weighted by molar-refractivity contribution is 9.10. The smallest absolute Gasteiger partial charge is 0.387 e. The van der Waals surface area contributed by atoms with Crippen LogP contribution in [0, 0.1) is 0 Å². The third-order valence-corrected chi connectivity index (χ3v) is 2.66. The van der Waals surface area contributed by atoms with Crippen molar-refractivity contribution in [3.8, 4) is 5.75 Å². The summed E-state index contributed by atoms with van der Waals surface area (Å²) < 4.78 is 29.7. The first-order valence-electron chi connectivity index (χ1n) is 5.02. The van der Waals surface area contributed by atoms with E-state index in [9.17, 15) is 8.78 Å². The van der Waals surface area contributed by atoms with Crippen molar-refractivity contribution in [1.82, 2.24) is 5.32 Å². The highest BCUT2D eigenvalue weighted by Crippen LogP contribution is 2.29. The maximum atomic E-state index is 12.2. The van der Waals surface area contributed by atoms with Crippen LogP contribution in [-0.2, 0) is 0 Å². The molecule has 5 heteroatoms. The van der Waals surface area contributed by atoms with Gasteiger partial charge in [-0.15, -0.1) is 0 Å². The number of ether oxygens (including phenoxy) is 1. The van der Waals surface area contributed by atoms with Crippen LogP contribution in [0.25, 0.3) is 0 Å². The molecule has 2 nitrogen and oxygen atoms in total. The van der Waals surface area contributed by atoms with Crippen LogP contribution in [0.15, 0.2) is 22.7 Å². The first-order chi connectivity index (χ1) is 7.54. The molecule has 1 aromatic rings. The first kappa shape index (κ1) is 13.4. The summed E-state index contributed by atoms with van der Waals surface area (Å²) in [5.41, 5.74) is 0.727. The van der Waals surface area contributed by atoms with Crippen LogP contribution < -0.4 is 10.1 Å². The Labute approximate surface area is 102 Å². The van der Waals surface area contributed by atoms with E-state index in [1.165, 1.54) is 0 Å². The van der Waals surface area contributed by atoms with Gasteiger partial charge in [0.25, 0.3) is 0 Å². The molecule has 0 saturated heterocycles. The van der Waals surface area contributed by atoms with Gasteiger partial charge in [-0.1, -0.05) is 28.9 Å². The Morgan fingerprint density at radius 2 is 2.12 bits per heavy atom. The number of halogens is 3. The molecule has 0 amide bonds. The zero-order chi connectivity index (χ0) is 12.1. The van der Waals surface area contributed by atoms with E-state index in [4.69, 9.17) is 0 Å². The average Bonchev–Trinajstić information content (AvgIpc) is 2.16. The number of benzene rings is 1. The second-order valence-electron chi connectivity index (χ2n) is 3.34. The summed E-state index contributed by atoms with van der Waals surface area (Å²) in [7, 11) is 0. The summed E-state index contributed by atoms with van der Waals surface area (Å²) in [6.45, 7) is 1.83. The molecule has 0 aliphatic rings. The lowest BCUT2D eigenvalue weighted by atomic mass is 10.1. The highest BCUT2D eigenvalue weighted by atomic mass is 79.9. The Hall–Kier alpha value is -0.680. The van der Waals surface area contributed by atoms with Crippen molar-refractivity contribution < 1.29 is 13.5 Å². The van der Waals surface area contributed by atoms with Crippen molar-refractivity contribution in [1.29, 1.82) is 0 Å². The summed E-state index contributed by atoms with van der Waals surface area (Å²) in [5, 5.41) is 3.15. The van der Waals surface area contributed by atoms with Crippen LogP contribution >= 0.6 is 15.9 Å². The molecule has 16 heavy (non-hydrogen) atoms. The number of hydrogen-bond acceptors (Lipinski definition) is 2. The minimum atomic E-state index is -2.80. The second kappa shape index (κ2) is 6.15. The van der Waals surface area contributed by atoms with E-state index in [1.807, 2.05) is 19.9 Å². The molecule has 0 aromatic heterocycles. The van der Waals surface area contributed by atoms with Gasteiger partial charge >= 0.3 is 6.61 Å². The van der Waals surface area contributed by atoms with Crippen LogP contribution in [0.5, 0.6) is 5.75 Å². The minimum absolute atomic E-state index is 0.0214. The van der Waals surface area contributed by atoms with E-state index in [0.717, 1.165) is 16.6 Å². The van der Waals surface area contributed by atoms with Crippen molar-refractivity contribution in [2.75, 3.05) is 6.54 Å². The Morgan fingerprint density at radius 1 is 1.44 bits per heavy atom. The number of alkyl halides is 2. The molecule has 90 valence electrons. The molecule has 0 bridgehead atoms. The van der Waals surface area contributed by atoms with E-state index < -0.39 is 6.61 Å². The van der Waals surface area contributed by atoms with Gasteiger partial charge in [0.2, 0.25) is 0 Å². The molecule has 1 unspecified atom stereocenters. The first-order valence-corrected chi connectivity index (χ1v) is 5.81. The van der Waals surface area contributed by atoms with Crippen molar-refractivity contribution in [2.45, 2.75) is 26.5 Å². The van der Waals surface area contributed by atoms with E-state index >= 15 is 0 Å². The van der Waals surface area contributed by atoms with Crippen LogP contribution in [0.1, 0.15) is 25.5 Å². The van der Waals surface area contributed by atoms with Gasteiger partial charge in [-0.05, 0) is 25.6 Å². The third-order valence-electron chi connectivity index (χ3n) is 2.17. The number of hydrogen-bond donors (Lipinski definition) is 1. The highest BCUT2D eigenvalue weighted by Gasteiger charge is 2.14. The van der Waals surface area contributed by atoms with Crippen molar-refractivity contribution in [3.05, 3.63) is 28.2 Å². The molecule has 0 heterocycles. The molecule has 1 aromatic carbocycles. The normalized spacial score (nSPS) is 12.9. The van der Waals surface area contributed by atoms with Gasteiger partial charge in [0.05, 0.1) is 0 Å². The van der Waals surface area contributed by atoms with Gasteiger partial charge < -0.3 is 10.1 Å². The quantitative estimate of drug-likeness (QED) is 0.893. The molecule has 1 atom stereocenters. The molecule has 0 aliphatic carbocycles.